The number of aryl methyl sites for hydroxylation is 1. The lowest BCUT2D eigenvalue weighted by Gasteiger charge is -2.01. The molecule has 4 aromatic rings. The third kappa shape index (κ3) is 2.54. The first kappa shape index (κ1) is 17.9. The molecule has 1 aliphatic rings. The van der Waals surface area contributed by atoms with Crippen molar-refractivity contribution in [2.24, 2.45) is 7.05 Å². The second-order valence-corrected chi connectivity index (χ2v) is 7.78. The number of thiophene rings is 1. The van der Waals surface area contributed by atoms with Crippen LogP contribution in [0.15, 0.2) is 64.3 Å². The number of carbonyl (C=O) groups excluding carboxylic acids is 1. The molecule has 6 nitrogen and oxygen atoms in total. The van der Waals surface area contributed by atoms with E-state index in [2.05, 4.69) is 4.98 Å². The van der Waals surface area contributed by atoms with Gasteiger partial charge in [-0.2, -0.15) is 10.5 Å². The molecule has 0 aliphatic heterocycles. The van der Waals surface area contributed by atoms with Gasteiger partial charge in [0, 0.05) is 28.6 Å². The first-order chi connectivity index (χ1) is 14.6. The summed E-state index contributed by atoms with van der Waals surface area (Å²) in [4.78, 5) is 19.3. The molecule has 0 spiro atoms. The fourth-order valence-corrected chi connectivity index (χ4v) is 4.68. The zero-order valence-electron chi connectivity index (χ0n) is 15.7. The summed E-state index contributed by atoms with van der Waals surface area (Å²) in [6, 6.07) is 16.5. The van der Waals surface area contributed by atoms with E-state index in [1.807, 2.05) is 42.0 Å². The van der Waals surface area contributed by atoms with Crippen LogP contribution in [-0.4, -0.2) is 15.3 Å². The quantitative estimate of drug-likeness (QED) is 0.344. The van der Waals surface area contributed by atoms with Crippen molar-refractivity contribution >= 4 is 39.1 Å². The third-order valence-electron chi connectivity index (χ3n) is 5.06. The van der Waals surface area contributed by atoms with Crippen LogP contribution < -0.4 is 0 Å². The first-order valence-electron chi connectivity index (χ1n) is 9.03. The predicted octanol–water partition coefficient (Wildman–Crippen LogP) is 4.98. The van der Waals surface area contributed by atoms with E-state index in [-0.39, 0.29) is 11.4 Å². The average Bonchev–Trinajstić information content (AvgIpc) is 3.52. The highest BCUT2D eigenvalue weighted by molar-refractivity contribution is 7.19. The molecule has 0 radical (unpaired) electrons. The van der Waals surface area contributed by atoms with Gasteiger partial charge in [0.1, 0.15) is 22.5 Å². The second kappa shape index (κ2) is 6.70. The summed E-state index contributed by atoms with van der Waals surface area (Å²) < 4.78 is 7.38. The third-order valence-corrected chi connectivity index (χ3v) is 6.02. The van der Waals surface area contributed by atoms with Crippen LogP contribution in [0.4, 0.5) is 0 Å². The summed E-state index contributed by atoms with van der Waals surface area (Å²) in [5.41, 5.74) is 2.70. The first-order valence-corrected chi connectivity index (χ1v) is 9.84. The van der Waals surface area contributed by atoms with Crippen molar-refractivity contribution in [2.75, 3.05) is 0 Å². The molecule has 1 aromatic carbocycles. The van der Waals surface area contributed by atoms with Crippen molar-refractivity contribution in [1.29, 1.82) is 10.5 Å². The Bertz CT molecular complexity index is 1470. The van der Waals surface area contributed by atoms with Gasteiger partial charge in [-0.1, -0.05) is 24.3 Å². The molecule has 142 valence electrons. The van der Waals surface area contributed by atoms with E-state index in [1.54, 1.807) is 36.6 Å². The molecular formula is C23H12N4O2S. The zero-order chi connectivity index (χ0) is 20.8. The van der Waals surface area contributed by atoms with Gasteiger partial charge < -0.3 is 8.98 Å². The largest absolute Gasteiger partial charge is 0.461 e. The van der Waals surface area contributed by atoms with Crippen LogP contribution in [0.3, 0.4) is 0 Å². The topological polar surface area (TPSA) is 95.6 Å². The van der Waals surface area contributed by atoms with E-state index < -0.39 is 0 Å². The lowest BCUT2D eigenvalue weighted by atomic mass is 9.99. The molecule has 0 saturated heterocycles. The zero-order valence-corrected chi connectivity index (χ0v) is 16.5. The number of benzene rings is 1. The highest BCUT2D eigenvalue weighted by Crippen LogP contribution is 2.41. The fraction of sp³-hybridized carbons (Fsp3) is 0.0435. The van der Waals surface area contributed by atoms with Gasteiger partial charge >= 0.3 is 0 Å². The fourth-order valence-electron chi connectivity index (χ4n) is 3.68. The number of fused-ring (bicyclic) bond motifs is 2. The lowest BCUT2D eigenvalue weighted by Crippen LogP contribution is -1.95. The predicted molar refractivity (Wildman–Crippen MR) is 113 cm³/mol. The molecule has 0 bridgehead atoms. The maximum Gasteiger partial charge on any atom is 0.194 e. The van der Waals surface area contributed by atoms with Crippen molar-refractivity contribution < 1.29 is 9.21 Å². The molecule has 30 heavy (non-hydrogen) atoms. The van der Waals surface area contributed by atoms with Crippen molar-refractivity contribution in [3.8, 4) is 23.7 Å². The van der Waals surface area contributed by atoms with Crippen molar-refractivity contribution in [2.45, 2.75) is 0 Å². The van der Waals surface area contributed by atoms with E-state index >= 15 is 0 Å². The van der Waals surface area contributed by atoms with Crippen LogP contribution >= 0.6 is 11.3 Å². The second-order valence-electron chi connectivity index (χ2n) is 6.72. The standard InChI is InChI=1S/C23H12N4O2S/c1-27-18-10-14(30-23(18)26-22(27)19-7-4-8-29-19)9-17-20(13(11-24)12-25)15-5-2-3-6-16(15)21(17)28/h2-10H,1H3/b17-9-. The number of allylic oxidation sites excluding steroid dienone is 3. The monoisotopic (exact) mass is 408 g/mol. The molecule has 0 atom stereocenters. The molecule has 0 fully saturated rings. The van der Waals surface area contributed by atoms with Gasteiger partial charge in [0.25, 0.3) is 0 Å². The minimum Gasteiger partial charge on any atom is -0.461 e. The number of nitrogens with zero attached hydrogens (tertiary/aromatic N) is 4. The van der Waals surface area contributed by atoms with Crippen molar-refractivity contribution in [1.82, 2.24) is 9.55 Å². The Kier molecular flexibility index (Phi) is 3.99. The number of imidazole rings is 1. The SMILES string of the molecule is Cn1c(-c2ccco2)nc2sc(/C=C3\C(=O)c4ccccc4C3=C(C#N)C#N)cc21. The molecule has 0 unspecified atom stereocenters. The van der Waals surface area contributed by atoms with Gasteiger partial charge in [-0.15, -0.1) is 11.3 Å². The van der Waals surface area contributed by atoms with Crippen LogP contribution in [0.1, 0.15) is 20.8 Å². The van der Waals surface area contributed by atoms with Crippen LogP contribution in [-0.2, 0) is 7.05 Å². The molecule has 3 heterocycles. The van der Waals surface area contributed by atoms with Gasteiger partial charge in [0.15, 0.2) is 17.4 Å². The van der Waals surface area contributed by atoms with Crippen LogP contribution in [0.25, 0.3) is 33.6 Å². The number of aromatic nitrogens is 2. The van der Waals surface area contributed by atoms with E-state index in [4.69, 9.17) is 4.42 Å². The van der Waals surface area contributed by atoms with Gasteiger partial charge in [-0.3, -0.25) is 4.79 Å². The van der Waals surface area contributed by atoms with E-state index in [0.717, 1.165) is 21.0 Å². The number of furan rings is 1. The summed E-state index contributed by atoms with van der Waals surface area (Å²) in [5, 5.41) is 18.9. The smallest absolute Gasteiger partial charge is 0.194 e. The molecule has 3 aromatic heterocycles. The molecule has 0 saturated carbocycles. The van der Waals surface area contributed by atoms with Gasteiger partial charge in [-0.25, -0.2) is 4.98 Å². The number of nitriles is 2. The Morgan fingerprint density at radius 2 is 1.93 bits per heavy atom. The van der Waals surface area contributed by atoms with E-state index in [9.17, 15) is 15.3 Å². The van der Waals surface area contributed by atoms with Crippen molar-refractivity contribution in [3.05, 3.63) is 75.9 Å². The minimum absolute atomic E-state index is 0.0705. The summed E-state index contributed by atoms with van der Waals surface area (Å²) in [6.45, 7) is 0. The lowest BCUT2D eigenvalue weighted by molar-refractivity contribution is 0.104. The van der Waals surface area contributed by atoms with Crippen molar-refractivity contribution in [3.63, 3.8) is 0 Å². The number of carbonyl (C=O) groups is 1. The van der Waals surface area contributed by atoms with Gasteiger partial charge in [0.05, 0.1) is 11.8 Å². The highest BCUT2D eigenvalue weighted by Gasteiger charge is 2.32. The summed E-state index contributed by atoms with van der Waals surface area (Å²) in [7, 11) is 1.90. The molecule has 5 rings (SSSR count). The number of ketones is 1. The maximum atomic E-state index is 13.0. The Morgan fingerprint density at radius 1 is 1.17 bits per heavy atom. The molecule has 1 aliphatic carbocycles. The molecule has 0 N–H and O–H groups in total. The van der Waals surface area contributed by atoms with Crippen LogP contribution in [0.5, 0.6) is 0 Å². The summed E-state index contributed by atoms with van der Waals surface area (Å²) in [5.74, 6) is 1.21. The molecule has 0 amide bonds. The Labute approximate surface area is 175 Å². The number of hydrogen-bond donors (Lipinski definition) is 0. The normalized spacial score (nSPS) is 14.2. The van der Waals surface area contributed by atoms with E-state index in [0.29, 0.717) is 28.0 Å². The van der Waals surface area contributed by atoms with Crippen LogP contribution in [0.2, 0.25) is 0 Å². The molecule has 7 heteroatoms. The number of rotatable bonds is 2. The average molecular weight is 408 g/mol. The number of Topliss-reactive ketones (excluding diaryl/α,β-unsaturated/α-hetero) is 1. The Balaban J connectivity index is 1.66. The molecular weight excluding hydrogens is 396 g/mol. The Morgan fingerprint density at radius 3 is 2.60 bits per heavy atom. The van der Waals surface area contributed by atoms with Gasteiger partial charge in [0.2, 0.25) is 0 Å². The van der Waals surface area contributed by atoms with E-state index in [1.165, 1.54) is 11.3 Å². The summed E-state index contributed by atoms with van der Waals surface area (Å²) >= 11 is 1.44. The number of hydrogen-bond acceptors (Lipinski definition) is 6. The maximum absolute atomic E-state index is 13.0. The van der Waals surface area contributed by atoms with Crippen LogP contribution in [0, 0.1) is 22.7 Å². The highest BCUT2D eigenvalue weighted by atomic mass is 32.1. The minimum atomic E-state index is -0.190. The van der Waals surface area contributed by atoms with Gasteiger partial charge in [-0.05, 0) is 29.8 Å². The Hall–Kier alpha value is -4.20. The summed E-state index contributed by atoms with van der Waals surface area (Å²) in [6.07, 6.45) is 3.35.